The van der Waals surface area contributed by atoms with Crippen molar-refractivity contribution in [3.05, 3.63) is 0 Å². The molecule has 0 saturated carbocycles. The van der Waals surface area contributed by atoms with Gasteiger partial charge in [0.05, 0.1) is 19.8 Å². The minimum Gasteiger partial charge on any atom is -0.465 e. The molecule has 0 aliphatic carbocycles. The normalized spacial score (nSPS) is 10.2. The number of amides is 1. The minimum atomic E-state index is -0.444. The van der Waals surface area contributed by atoms with Crippen LogP contribution in [0.15, 0.2) is 0 Å². The molecule has 2 N–H and O–H groups in total. The van der Waals surface area contributed by atoms with Gasteiger partial charge in [-0.25, -0.2) is 0 Å². The van der Waals surface area contributed by atoms with Crippen molar-refractivity contribution in [2.75, 3.05) is 53.2 Å². The highest BCUT2D eigenvalue weighted by atomic mass is 16.5. The molecule has 0 radical (unpaired) electrons. The second-order valence-corrected chi connectivity index (χ2v) is 3.45. The molecule has 0 aliphatic rings. The van der Waals surface area contributed by atoms with E-state index in [1.165, 1.54) is 12.0 Å². The molecular weight excluding hydrogens is 240 g/mol. The van der Waals surface area contributed by atoms with Crippen LogP contribution in [0.4, 0.5) is 0 Å². The van der Waals surface area contributed by atoms with Gasteiger partial charge in [0.2, 0.25) is 5.91 Å². The van der Waals surface area contributed by atoms with Crippen molar-refractivity contribution < 1.29 is 23.8 Å². The number of hydrogen-bond donors (Lipinski definition) is 1. The predicted molar refractivity (Wildman–Crippen MR) is 65.0 cm³/mol. The van der Waals surface area contributed by atoms with Crippen molar-refractivity contribution in [3.63, 3.8) is 0 Å². The van der Waals surface area contributed by atoms with Crippen LogP contribution >= 0.6 is 0 Å². The van der Waals surface area contributed by atoms with Gasteiger partial charge >= 0.3 is 5.97 Å². The maximum Gasteiger partial charge on any atom is 0.325 e. The number of esters is 1. The average Bonchev–Trinajstić information content (AvgIpc) is 2.34. The van der Waals surface area contributed by atoms with E-state index in [-0.39, 0.29) is 25.7 Å². The fourth-order valence-corrected chi connectivity index (χ4v) is 1.19. The maximum atomic E-state index is 11.8. The van der Waals surface area contributed by atoms with Crippen LogP contribution in [0.25, 0.3) is 0 Å². The number of nitrogens with two attached hydrogens (primary N) is 1. The van der Waals surface area contributed by atoms with Gasteiger partial charge in [-0.1, -0.05) is 0 Å². The van der Waals surface area contributed by atoms with Gasteiger partial charge in [0.25, 0.3) is 0 Å². The SMILES string of the molecule is CCOC(=O)CN(CCOC)C(=O)COCCN. The Morgan fingerprint density at radius 1 is 1.28 bits per heavy atom. The zero-order valence-electron chi connectivity index (χ0n) is 11.0. The van der Waals surface area contributed by atoms with Crippen LogP contribution in [0.3, 0.4) is 0 Å². The van der Waals surface area contributed by atoms with Gasteiger partial charge in [-0.05, 0) is 6.92 Å². The molecule has 0 saturated heterocycles. The standard InChI is InChI=1S/C11H22N2O5/c1-3-18-11(15)8-13(5-7-16-2)10(14)9-17-6-4-12/h3-9,12H2,1-2H3. The lowest BCUT2D eigenvalue weighted by molar-refractivity contribution is -0.150. The van der Waals surface area contributed by atoms with Gasteiger partial charge in [0, 0.05) is 20.2 Å². The van der Waals surface area contributed by atoms with Crippen molar-refractivity contribution in [1.82, 2.24) is 4.90 Å². The van der Waals surface area contributed by atoms with E-state index in [0.717, 1.165) is 0 Å². The molecule has 106 valence electrons. The molecule has 0 fully saturated rings. The Kier molecular flexibility index (Phi) is 10.2. The minimum absolute atomic E-state index is 0.0952. The molecule has 0 aromatic heterocycles. The lowest BCUT2D eigenvalue weighted by Crippen LogP contribution is -2.40. The Hall–Kier alpha value is -1.18. The van der Waals surface area contributed by atoms with Crippen molar-refractivity contribution in [1.29, 1.82) is 0 Å². The number of carbonyl (C=O) groups excluding carboxylic acids is 2. The second-order valence-electron chi connectivity index (χ2n) is 3.45. The highest BCUT2D eigenvalue weighted by Crippen LogP contribution is 1.94. The molecule has 1 amide bonds. The fourth-order valence-electron chi connectivity index (χ4n) is 1.19. The molecule has 0 unspecified atom stereocenters. The topological polar surface area (TPSA) is 91.1 Å². The number of carbonyl (C=O) groups is 2. The first-order valence-electron chi connectivity index (χ1n) is 5.85. The van der Waals surface area contributed by atoms with Crippen LogP contribution in [-0.4, -0.2) is 69.9 Å². The zero-order chi connectivity index (χ0) is 13.8. The Morgan fingerprint density at radius 2 is 2.00 bits per heavy atom. The summed E-state index contributed by atoms with van der Waals surface area (Å²) in [7, 11) is 1.53. The van der Waals surface area contributed by atoms with E-state index in [4.69, 9.17) is 19.9 Å². The van der Waals surface area contributed by atoms with Crippen LogP contribution in [0.1, 0.15) is 6.92 Å². The number of methoxy groups -OCH3 is 1. The summed E-state index contributed by atoms with van der Waals surface area (Å²) >= 11 is 0. The Bertz CT molecular complexity index is 248. The average molecular weight is 262 g/mol. The summed E-state index contributed by atoms with van der Waals surface area (Å²) in [5, 5.41) is 0. The molecular formula is C11H22N2O5. The summed E-state index contributed by atoms with van der Waals surface area (Å²) in [6, 6.07) is 0. The van der Waals surface area contributed by atoms with Crippen LogP contribution in [-0.2, 0) is 23.8 Å². The van der Waals surface area contributed by atoms with E-state index in [9.17, 15) is 9.59 Å². The van der Waals surface area contributed by atoms with Gasteiger partial charge < -0.3 is 24.8 Å². The van der Waals surface area contributed by atoms with Crippen LogP contribution in [0.5, 0.6) is 0 Å². The molecule has 0 bridgehead atoms. The summed E-state index contributed by atoms with van der Waals surface area (Å²) in [5.41, 5.74) is 5.25. The summed E-state index contributed by atoms with van der Waals surface area (Å²) in [4.78, 5) is 24.4. The number of nitrogens with zero attached hydrogens (tertiary/aromatic N) is 1. The molecule has 0 rings (SSSR count). The van der Waals surface area contributed by atoms with E-state index in [2.05, 4.69) is 0 Å². The second kappa shape index (κ2) is 10.9. The highest BCUT2D eigenvalue weighted by molar-refractivity contribution is 5.82. The van der Waals surface area contributed by atoms with E-state index >= 15 is 0 Å². The number of ether oxygens (including phenoxy) is 3. The van der Waals surface area contributed by atoms with E-state index in [0.29, 0.717) is 26.3 Å². The number of hydrogen-bond acceptors (Lipinski definition) is 6. The van der Waals surface area contributed by atoms with E-state index < -0.39 is 5.97 Å². The van der Waals surface area contributed by atoms with Gasteiger partial charge in [0.1, 0.15) is 13.2 Å². The summed E-state index contributed by atoms with van der Waals surface area (Å²) in [6.45, 7) is 3.13. The fraction of sp³-hybridized carbons (Fsp3) is 0.818. The van der Waals surface area contributed by atoms with Crippen LogP contribution in [0, 0.1) is 0 Å². The van der Waals surface area contributed by atoms with Crippen LogP contribution < -0.4 is 5.73 Å². The molecule has 0 atom stereocenters. The molecule has 0 aromatic rings. The summed E-state index contributed by atoms with van der Waals surface area (Å²) in [5.74, 6) is -0.727. The third-order valence-electron chi connectivity index (χ3n) is 2.03. The van der Waals surface area contributed by atoms with Gasteiger partial charge in [0.15, 0.2) is 0 Å². The van der Waals surface area contributed by atoms with Crippen molar-refractivity contribution in [3.8, 4) is 0 Å². The van der Waals surface area contributed by atoms with Crippen molar-refractivity contribution in [2.24, 2.45) is 5.73 Å². The molecule has 18 heavy (non-hydrogen) atoms. The summed E-state index contributed by atoms with van der Waals surface area (Å²) in [6.07, 6.45) is 0. The molecule has 0 heterocycles. The molecule has 7 nitrogen and oxygen atoms in total. The van der Waals surface area contributed by atoms with Crippen LogP contribution in [0.2, 0.25) is 0 Å². The predicted octanol–water partition coefficient (Wildman–Crippen LogP) is -1.00. The third-order valence-corrected chi connectivity index (χ3v) is 2.03. The van der Waals surface area contributed by atoms with E-state index in [1.807, 2.05) is 0 Å². The maximum absolute atomic E-state index is 11.8. The first kappa shape index (κ1) is 16.8. The Labute approximate surface area is 107 Å². The smallest absolute Gasteiger partial charge is 0.325 e. The molecule has 0 aromatic carbocycles. The van der Waals surface area contributed by atoms with Gasteiger partial charge in [-0.15, -0.1) is 0 Å². The van der Waals surface area contributed by atoms with Crippen molar-refractivity contribution in [2.45, 2.75) is 6.92 Å². The first-order valence-corrected chi connectivity index (χ1v) is 5.85. The first-order chi connectivity index (χ1) is 8.65. The molecule has 0 spiro atoms. The Morgan fingerprint density at radius 3 is 2.56 bits per heavy atom. The Balaban J connectivity index is 4.18. The molecule has 0 aliphatic heterocycles. The van der Waals surface area contributed by atoms with Gasteiger partial charge in [-0.3, -0.25) is 9.59 Å². The zero-order valence-corrected chi connectivity index (χ0v) is 11.0. The summed E-state index contributed by atoms with van der Waals surface area (Å²) < 4.78 is 14.7. The quantitative estimate of drug-likeness (QED) is 0.401. The largest absolute Gasteiger partial charge is 0.465 e. The van der Waals surface area contributed by atoms with E-state index in [1.54, 1.807) is 6.92 Å². The lowest BCUT2D eigenvalue weighted by atomic mass is 10.4. The van der Waals surface area contributed by atoms with Gasteiger partial charge in [-0.2, -0.15) is 0 Å². The lowest BCUT2D eigenvalue weighted by Gasteiger charge is -2.21. The highest BCUT2D eigenvalue weighted by Gasteiger charge is 2.17. The number of rotatable bonds is 10. The van der Waals surface area contributed by atoms with Crippen molar-refractivity contribution >= 4 is 11.9 Å². The third kappa shape index (κ3) is 7.99. The molecule has 7 heteroatoms. The monoisotopic (exact) mass is 262 g/mol.